The molecular weight excluding hydrogens is 228 g/mol. The van der Waals surface area contributed by atoms with E-state index in [-0.39, 0.29) is 17.6 Å². The maximum atomic E-state index is 12.7. The molecule has 2 heterocycles. The van der Waals surface area contributed by atoms with Crippen molar-refractivity contribution >= 4 is 5.91 Å². The van der Waals surface area contributed by atoms with Gasteiger partial charge < -0.3 is 9.64 Å². The molecule has 0 aromatic rings. The van der Waals surface area contributed by atoms with Crippen molar-refractivity contribution in [3.05, 3.63) is 0 Å². The molecule has 1 aliphatic carbocycles. The van der Waals surface area contributed by atoms with Crippen molar-refractivity contribution in [2.75, 3.05) is 13.7 Å². The molecule has 18 heavy (non-hydrogen) atoms. The third kappa shape index (κ3) is 1.36. The maximum Gasteiger partial charge on any atom is 0.260 e. The average Bonchev–Trinajstić information content (AvgIpc) is 2.64. The summed E-state index contributed by atoms with van der Waals surface area (Å²) in [4.78, 5) is 14.7. The molecule has 4 nitrogen and oxygen atoms in total. The molecular formula is C14H24N2O2. The monoisotopic (exact) mass is 252 g/mol. The van der Waals surface area contributed by atoms with Gasteiger partial charge in [-0.15, -0.1) is 0 Å². The zero-order valence-corrected chi connectivity index (χ0v) is 11.7. The van der Waals surface area contributed by atoms with Crippen LogP contribution in [0.15, 0.2) is 0 Å². The number of hydrogen-bond donors (Lipinski definition) is 1. The Morgan fingerprint density at radius 2 is 1.94 bits per heavy atom. The van der Waals surface area contributed by atoms with Crippen molar-refractivity contribution in [2.45, 2.75) is 63.3 Å². The number of methoxy groups -OCH3 is 1. The van der Waals surface area contributed by atoms with Crippen molar-refractivity contribution in [3.63, 3.8) is 0 Å². The first kappa shape index (κ1) is 12.4. The van der Waals surface area contributed by atoms with Crippen LogP contribution in [-0.4, -0.2) is 41.8 Å². The molecule has 0 unspecified atom stereocenters. The predicted octanol–water partition coefficient (Wildman–Crippen LogP) is 1.50. The molecule has 1 N–H and O–H groups in total. The number of rotatable bonds is 2. The van der Waals surface area contributed by atoms with Gasteiger partial charge in [0.25, 0.3) is 5.91 Å². The number of nitrogens with one attached hydrogen (secondary N) is 1. The Morgan fingerprint density at radius 3 is 2.56 bits per heavy atom. The van der Waals surface area contributed by atoms with E-state index in [2.05, 4.69) is 19.2 Å². The zero-order valence-electron chi connectivity index (χ0n) is 11.7. The smallest absolute Gasteiger partial charge is 0.260 e. The highest BCUT2D eigenvalue weighted by Gasteiger charge is 2.70. The number of nitrogens with zero attached hydrogens (tertiary/aromatic N) is 1. The Morgan fingerprint density at radius 1 is 1.28 bits per heavy atom. The molecule has 0 aromatic heterocycles. The maximum absolute atomic E-state index is 12.7. The van der Waals surface area contributed by atoms with E-state index in [1.807, 2.05) is 4.90 Å². The molecule has 102 valence electrons. The van der Waals surface area contributed by atoms with Gasteiger partial charge in [-0.3, -0.25) is 10.1 Å². The van der Waals surface area contributed by atoms with Gasteiger partial charge in [-0.1, -0.05) is 19.3 Å². The number of fused-ring (bicyclic) bond motifs is 1. The lowest BCUT2D eigenvalue weighted by atomic mass is 9.69. The van der Waals surface area contributed by atoms with Gasteiger partial charge >= 0.3 is 0 Å². The van der Waals surface area contributed by atoms with Gasteiger partial charge in [-0.05, 0) is 26.7 Å². The zero-order chi connectivity index (χ0) is 13.0. The quantitative estimate of drug-likeness (QED) is 0.757. The van der Waals surface area contributed by atoms with E-state index >= 15 is 0 Å². The number of amides is 1. The van der Waals surface area contributed by atoms with Crippen molar-refractivity contribution in [1.82, 2.24) is 10.2 Å². The number of β-lactam (4-membered cyclic amide) rings is 1. The lowest BCUT2D eigenvalue weighted by molar-refractivity contribution is -0.219. The predicted molar refractivity (Wildman–Crippen MR) is 69.0 cm³/mol. The second-order valence-electron chi connectivity index (χ2n) is 6.60. The minimum atomic E-state index is -0.575. The third-order valence-corrected chi connectivity index (χ3v) is 5.15. The summed E-state index contributed by atoms with van der Waals surface area (Å²) in [6.07, 6.45) is 6.13. The van der Waals surface area contributed by atoms with E-state index in [0.717, 1.165) is 19.4 Å². The topological polar surface area (TPSA) is 41.6 Å². The van der Waals surface area contributed by atoms with Crippen LogP contribution in [0.4, 0.5) is 0 Å². The highest BCUT2D eigenvalue weighted by molar-refractivity contribution is 5.94. The molecule has 0 aromatic carbocycles. The van der Waals surface area contributed by atoms with Crippen LogP contribution in [0.1, 0.15) is 46.0 Å². The minimum Gasteiger partial charge on any atom is -0.364 e. The Bertz CT molecular complexity index is 363. The molecule has 4 heteroatoms. The van der Waals surface area contributed by atoms with Crippen LogP contribution in [0.5, 0.6) is 0 Å². The lowest BCUT2D eigenvalue weighted by Gasteiger charge is -2.58. The average molecular weight is 252 g/mol. The van der Waals surface area contributed by atoms with Crippen LogP contribution in [0.3, 0.4) is 0 Å². The van der Waals surface area contributed by atoms with Gasteiger partial charge in [0.2, 0.25) is 0 Å². The van der Waals surface area contributed by atoms with Crippen LogP contribution >= 0.6 is 0 Å². The number of carbonyl (C=O) groups excluding carboxylic acids is 1. The fourth-order valence-electron chi connectivity index (χ4n) is 4.14. The van der Waals surface area contributed by atoms with Gasteiger partial charge in [-0.25, -0.2) is 0 Å². The minimum absolute atomic E-state index is 0.0710. The number of hydrogen-bond acceptors (Lipinski definition) is 3. The van der Waals surface area contributed by atoms with Crippen molar-refractivity contribution < 1.29 is 9.53 Å². The lowest BCUT2D eigenvalue weighted by Crippen LogP contribution is -2.80. The fourth-order valence-corrected chi connectivity index (χ4v) is 4.14. The molecule has 2 atom stereocenters. The van der Waals surface area contributed by atoms with E-state index in [0.29, 0.717) is 5.92 Å². The standard InChI is InChI=1S/C14H24N2O2/c1-13(2)9-15-11-14(18-3,12(17)16(11)13)10-7-5-4-6-8-10/h10-11,15H,4-9H2,1-3H3/t11-,14+/m0/s1. The molecule has 3 fully saturated rings. The van der Waals surface area contributed by atoms with Crippen LogP contribution in [0.2, 0.25) is 0 Å². The Hall–Kier alpha value is -0.610. The van der Waals surface area contributed by atoms with Crippen LogP contribution in [-0.2, 0) is 9.53 Å². The largest absolute Gasteiger partial charge is 0.364 e. The van der Waals surface area contributed by atoms with Crippen molar-refractivity contribution in [1.29, 1.82) is 0 Å². The highest BCUT2D eigenvalue weighted by Crippen LogP contribution is 2.49. The van der Waals surface area contributed by atoms with E-state index in [1.54, 1.807) is 7.11 Å². The molecule has 2 aliphatic heterocycles. The van der Waals surface area contributed by atoms with Gasteiger partial charge in [0.05, 0.1) is 5.54 Å². The van der Waals surface area contributed by atoms with Crippen LogP contribution in [0.25, 0.3) is 0 Å². The Balaban J connectivity index is 1.88. The first-order chi connectivity index (χ1) is 8.54. The summed E-state index contributed by atoms with van der Waals surface area (Å²) in [5, 5.41) is 3.50. The van der Waals surface area contributed by atoms with E-state index in [4.69, 9.17) is 4.74 Å². The van der Waals surface area contributed by atoms with Crippen molar-refractivity contribution in [2.24, 2.45) is 5.92 Å². The van der Waals surface area contributed by atoms with Crippen LogP contribution < -0.4 is 5.32 Å². The fraction of sp³-hybridized carbons (Fsp3) is 0.929. The van der Waals surface area contributed by atoms with Crippen molar-refractivity contribution in [3.8, 4) is 0 Å². The summed E-state index contributed by atoms with van der Waals surface area (Å²) in [6, 6.07) is 0. The first-order valence-electron chi connectivity index (χ1n) is 7.16. The summed E-state index contributed by atoms with van der Waals surface area (Å²) in [7, 11) is 1.71. The van der Waals surface area contributed by atoms with Gasteiger partial charge in [-0.2, -0.15) is 0 Å². The molecule has 0 bridgehead atoms. The summed E-state index contributed by atoms with van der Waals surface area (Å²) in [5.41, 5.74) is -0.646. The molecule has 3 aliphatic rings. The SMILES string of the molecule is CO[C@@]1(C2CCCCC2)C(=O)N2[C@@H]1NCC2(C)C. The highest BCUT2D eigenvalue weighted by atomic mass is 16.5. The summed E-state index contributed by atoms with van der Waals surface area (Å²) in [5.74, 6) is 0.600. The summed E-state index contributed by atoms with van der Waals surface area (Å²) in [6.45, 7) is 5.11. The normalized spacial score (nSPS) is 39.6. The second-order valence-corrected chi connectivity index (χ2v) is 6.60. The summed E-state index contributed by atoms with van der Waals surface area (Å²) < 4.78 is 5.78. The molecule has 2 saturated heterocycles. The number of carbonyl (C=O) groups is 1. The van der Waals surface area contributed by atoms with Gasteiger partial charge in [0.15, 0.2) is 5.60 Å². The number of ether oxygens (including phenoxy) is 1. The summed E-state index contributed by atoms with van der Waals surface area (Å²) >= 11 is 0. The molecule has 1 amide bonds. The molecule has 0 radical (unpaired) electrons. The van der Waals surface area contributed by atoms with E-state index in [9.17, 15) is 4.79 Å². The first-order valence-corrected chi connectivity index (χ1v) is 7.16. The molecule has 3 rings (SSSR count). The Labute approximate surface area is 109 Å². The molecule has 0 spiro atoms. The van der Waals surface area contributed by atoms with E-state index < -0.39 is 5.60 Å². The van der Waals surface area contributed by atoms with Gasteiger partial charge in [0, 0.05) is 19.6 Å². The van der Waals surface area contributed by atoms with Gasteiger partial charge in [0.1, 0.15) is 6.17 Å². The van der Waals surface area contributed by atoms with Crippen LogP contribution in [0, 0.1) is 5.92 Å². The second kappa shape index (κ2) is 3.94. The Kier molecular flexibility index (Phi) is 2.72. The van der Waals surface area contributed by atoms with E-state index in [1.165, 1.54) is 19.3 Å². The third-order valence-electron chi connectivity index (χ3n) is 5.15. The molecule has 1 saturated carbocycles.